The molecule has 70 valence electrons. The van der Waals surface area contributed by atoms with Gasteiger partial charge in [-0.15, -0.1) is 10.2 Å². The summed E-state index contributed by atoms with van der Waals surface area (Å²) in [4.78, 5) is 2.17. The highest BCUT2D eigenvalue weighted by molar-refractivity contribution is 6.29. The van der Waals surface area contributed by atoms with Crippen LogP contribution in [0.2, 0.25) is 5.15 Å². The van der Waals surface area contributed by atoms with Crippen LogP contribution in [0.5, 0.6) is 0 Å². The maximum atomic E-state index is 5.65. The fraction of sp³-hybridized carbons (Fsp3) is 0.556. The van der Waals surface area contributed by atoms with Gasteiger partial charge in [0.1, 0.15) is 0 Å². The third kappa shape index (κ3) is 1.75. The molecular formula is C9H12ClN3. The number of anilines is 1. The lowest BCUT2D eigenvalue weighted by atomic mass is 9.92. The molecule has 0 atom stereocenters. The molecule has 4 heteroatoms. The molecule has 0 spiro atoms. The van der Waals surface area contributed by atoms with Crippen molar-refractivity contribution < 1.29 is 0 Å². The zero-order valence-electron chi connectivity index (χ0n) is 7.57. The SMILES string of the molecule is CN(c1ccc(Cl)nn1)C1CCC1. The molecule has 1 aromatic heterocycles. The standard InChI is InChI=1S/C9H12ClN3/c1-13(7-3-2-4-7)9-6-5-8(10)11-12-9/h5-7H,2-4H2,1H3. The monoisotopic (exact) mass is 197 g/mol. The molecular weight excluding hydrogens is 186 g/mol. The molecule has 2 rings (SSSR count). The number of halogens is 1. The molecule has 3 nitrogen and oxygen atoms in total. The third-order valence-corrected chi connectivity index (χ3v) is 2.80. The predicted octanol–water partition coefficient (Wildman–Crippen LogP) is 2.12. The van der Waals surface area contributed by atoms with Crippen LogP contribution in [0.15, 0.2) is 12.1 Å². The van der Waals surface area contributed by atoms with Crippen LogP contribution >= 0.6 is 11.6 Å². The minimum Gasteiger partial charge on any atom is -0.355 e. The lowest BCUT2D eigenvalue weighted by Crippen LogP contribution is -2.37. The Hall–Kier alpha value is -0.830. The molecule has 13 heavy (non-hydrogen) atoms. The molecule has 1 aliphatic rings. The summed E-state index contributed by atoms with van der Waals surface area (Å²) < 4.78 is 0. The molecule has 0 aromatic carbocycles. The molecule has 0 unspecified atom stereocenters. The molecule has 1 heterocycles. The van der Waals surface area contributed by atoms with Crippen molar-refractivity contribution in [2.45, 2.75) is 25.3 Å². The van der Waals surface area contributed by atoms with Gasteiger partial charge in [-0.1, -0.05) is 11.6 Å². The maximum Gasteiger partial charge on any atom is 0.151 e. The van der Waals surface area contributed by atoms with Gasteiger partial charge >= 0.3 is 0 Å². The Bertz CT molecular complexity index is 281. The van der Waals surface area contributed by atoms with Gasteiger partial charge in [0.05, 0.1) is 0 Å². The van der Waals surface area contributed by atoms with Gasteiger partial charge in [0, 0.05) is 13.1 Å². The molecule has 0 radical (unpaired) electrons. The van der Waals surface area contributed by atoms with Gasteiger partial charge in [0.25, 0.3) is 0 Å². The van der Waals surface area contributed by atoms with Gasteiger partial charge < -0.3 is 4.90 Å². The van der Waals surface area contributed by atoms with Crippen molar-refractivity contribution in [3.63, 3.8) is 0 Å². The van der Waals surface area contributed by atoms with Crippen molar-refractivity contribution in [2.75, 3.05) is 11.9 Å². The van der Waals surface area contributed by atoms with Crippen LogP contribution in [0, 0.1) is 0 Å². The second-order valence-electron chi connectivity index (χ2n) is 3.41. The fourth-order valence-electron chi connectivity index (χ4n) is 1.46. The zero-order chi connectivity index (χ0) is 9.26. The summed E-state index contributed by atoms with van der Waals surface area (Å²) in [5, 5.41) is 8.29. The summed E-state index contributed by atoms with van der Waals surface area (Å²) in [7, 11) is 2.06. The zero-order valence-corrected chi connectivity index (χ0v) is 8.33. The summed E-state index contributed by atoms with van der Waals surface area (Å²) in [6, 6.07) is 4.34. The van der Waals surface area contributed by atoms with Gasteiger partial charge in [-0.05, 0) is 31.4 Å². The van der Waals surface area contributed by atoms with E-state index in [0.29, 0.717) is 11.2 Å². The van der Waals surface area contributed by atoms with Crippen LogP contribution in [0.4, 0.5) is 5.82 Å². The van der Waals surface area contributed by atoms with Crippen LogP contribution in [0.1, 0.15) is 19.3 Å². The first-order valence-corrected chi connectivity index (χ1v) is 4.87. The Morgan fingerprint density at radius 2 is 2.15 bits per heavy atom. The molecule has 0 aliphatic heterocycles. The van der Waals surface area contributed by atoms with Gasteiger partial charge in [0.15, 0.2) is 11.0 Å². The van der Waals surface area contributed by atoms with E-state index in [1.807, 2.05) is 6.07 Å². The molecule has 0 saturated heterocycles. The fourth-order valence-corrected chi connectivity index (χ4v) is 1.56. The minimum atomic E-state index is 0.450. The van der Waals surface area contributed by atoms with E-state index < -0.39 is 0 Å². The lowest BCUT2D eigenvalue weighted by Gasteiger charge is -2.35. The molecule has 0 bridgehead atoms. The van der Waals surface area contributed by atoms with Gasteiger partial charge in [0.2, 0.25) is 0 Å². The van der Waals surface area contributed by atoms with Crippen molar-refractivity contribution >= 4 is 17.4 Å². The Balaban J connectivity index is 2.10. The number of hydrogen-bond acceptors (Lipinski definition) is 3. The minimum absolute atomic E-state index is 0.450. The van der Waals surface area contributed by atoms with E-state index in [-0.39, 0.29) is 0 Å². The summed E-state index contributed by atoms with van der Waals surface area (Å²) in [6.45, 7) is 0. The molecule has 1 aromatic rings. The largest absolute Gasteiger partial charge is 0.355 e. The quantitative estimate of drug-likeness (QED) is 0.728. The van der Waals surface area contributed by atoms with E-state index in [1.54, 1.807) is 6.07 Å². The first-order chi connectivity index (χ1) is 6.27. The van der Waals surface area contributed by atoms with Gasteiger partial charge in [-0.3, -0.25) is 0 Å². The molecule has 1 fully saturated rings. The number of hydrogen-bond donors (Lipinski definition) is 0. The normalized spacial score (nSPS) is 16.8. The first-order valence-electron chi connectivity index (χ1n) is 4.49. The Labute approximate surface area is 82.7 Å². The van der Waals surface area contributed by atoms with E-state index in [1.165, 1.54) is 19.3 Å². The summed E-state index contributed by atoms with van der Waals surface area (Å²) in [6.07, 6.45) is 3.86. The average molecular weight is 198 g/mol. The maximum absolute atomic E-state index is 5.65. The first kappa shape index (κ1) is 8.75. The highest BCUT2D eigenvalue weighted by Gasteiger charge is 2.22. The van der Waals surface area contributed by atoms with E-state index in [2.05, 4.69) is 22.1 Å². The van der Waals surface area contributed by atoms with Crippen LogP contribution < -0.4 is 4.90 Å². The molecule has 1 aliphatic carbocycles. The summed E-state index contributed by atoms with van der Waals surface area (Å²) >= 11 is 5.65. The van der Waals surface area contributed by atoms with E-state index in [9.17, 15) is 0 Å². The molecule has 0 N–H and O–H groups in total. The molecule has 0 amide bonds. The van der Waals surface area contributed by atoms with Crippen molar-refractivity contribution in [2.24, 2.45) is 0 Å². The Kier molecular flexibility index (Phi) is 2.36. The van der Waals surface area contributed by atoms with Crippen LogP contribution in [-0.2, 0) is 0 Å². The number of rotatable bonds is 2. The van der Waals surface area contributed by atoms with Crippen molar-refractivity contribution in [1.82, 2.24) is 10.2 Å². The highest BCUT2D eigenvalue weighted by atomic mass is 35.5. The van der Waals surface area contributed by atoms with Crippen molar-refractivity contribution in [3.05, 3.63) is 17.3 Å². The highest BCUT2D eigenvalue weighted by Crippen LogP contribution is 2.26. The number of nitrogens with zero attached hydrogens (tertiary/aromatic N) is 3. The summed E-state index contributed by atoms with van der Waals surface area (Å²) in [5.41, 5.74) is 0. The lowest BCUT2D eigenvalue weighted by molar-refractivity contribution is 0.398. The average Bonchev–Trinajstić information content (AvgIpc) is 2.02. The predicted molar refractivity (Wildman–Crippen MR) is 53.1 cm³/mol. The van der Waals surface area contributed by atoms with Gasteiger partial charge in [-0.2, -0.15) is 0 Å². The van der Waals surface area contributed by atoms with E-state index in [0.717, 1.165) is 5.82 Å². The summed E-state index contributed by atoms with van der Waals surface area (Å²) in [5.74, 6) is 0.911. The Morgan fingerprint density at radius 3 is 2.62 bits per heavy atom. The van der Waals surface area contributed by atoms with Gasteiger partial charge in [-0.25, -0.2) is 0 Å². The van der Waals surface area contributed by atoms with Crippen molar-refractivity contribution in [3.8, 4) is 0 Å². The van der Waals surface area contributed by atoms with Crippen molar-refractivity contribution in [1.29, 1.82) is 0 Å². The smallest absolute Gasteiger partial charge is 0.151 e. The second-order valence-corrected chi connectivity index (χ2v) is 3.80. The number of aromatic nitrogens is 2. The second kappa shape index (κ2) is 3.50. The van der Waals surface area contributed by atoms with Crippen LogP contribution in [-0.4, -0.2) is 23.3 Å². The van der Waals surface area contributed by atoms with Crippen LogP contribution in [0.25, 0.3) is 0 Å². The third-order valence-electron chi connectivity index (χ3n) is 2.60. The topological polar surface area (TPSA) is 29.0 Å². The molecule has 1 saturated carbocycles. The Morgan fingerprint density at radius 1 is 1.38 bits per heavy atom. The van der Waals surface area contributed by atoms with Crippen LogP contribution in [0.3, 0.4) is 0 Å². The van der Waals surface area contributed by atoms with E-state index >= 15 is 0 Å². The van der Waals surface area contributed by atoms with E-state index in [4.69, 9.17) is 11.6 Å².